The third kappa shape index (κ3) is 2.70. The summed E-state index contributed by atoms with van der Waals surface area (Å²) in [6.45, 7) is 0.369. The van der Waals surface area contributed by atoms with Crippen molar-refractivity contribution >= 4 is 0 Å². The summed E-state index contributed by atoms with van der Waals surface area (Å²) < 4.78 is 43.6. The van der Waals surface area contributed by atoms with Crippen LogP contribution < -0.4 is 0 Å². The lowest BCUT2D eigenvalue weighted by Gasteiger charge is -2.07. The van der Waals surface area contributed by atoms with Crippen molar-refractivity contribution in [2.45, 2.75) is 12.8 Å². The minimum atomic E-state index is -4.32. The van der Waals surface area contributed by atoms with E-state index in [9.17, 15) is 13.2 Å². The van der Waals surface area contributed by atoms with Crippen LogP contribution in [-0.4, -0.2) is 16.9 Å². The molecule has 1 aromatic heterocycles. The van der Waals surface area contributed by atoms with Crippen LogP contribution in [0.3, 0.4) is 0 Å². The Labute approximate surface area is 102 Å². The normalized spacial score (nSPS) is 11.8. The molecule has 18 heavy (non-hydrogen) atoms. The highest BCUT2D eigenvalue weighted by Crippen LogP contribution is 2.29. The number of methoxy groups -OCH3 is 1. The van der Waals surface area contributed by atoms with Gasteiger partial charge >= 0.3 is 6.18 Å². The van der Waals surface area contributed by atoms with Crippen molar-refractivity contribution in [1.29, 1.82) is 0 Å². The quantitative estimate of drug-likeness (QED) is 0.844. The number of rotatable bonds is 3. The number of benzene rings is 1. The van der Waals surface area contributed by atoms with Crippen molar-refractivity contribution in [3.05, 3.63) is 47.8 Å². The second-order valence-electron chi connectivity index (χ2n) is 3.73. The number of hydrogen-bond acceptors (Lipinski definition) is 2. The van der Waals surface area contributed by atoms with E-state index in [0.29, 0.717) is 12.3 Å². The Bertz CT molecular complexity index is 517. The maximum absolute atomic E-state index is 12.4. The van der Waals surface area contributed by atoms with Crippen LogP contribution >= 0.6 is 0 Å². The fourth-order valence-electron chi connectivity index (χ4n) is 1.53. The zero-order chi connectivity index (χ0) is 13.2. The number of hydrogen-bond donors (Lipinski definition) is 0. The summed E-state index contributed by atoms with van der Waals surface area (Å²) in [7, 11) is 1.55. The highest BCUT2D eigenvalue weighted by molar-refractivity contribution is 5.35. The molecule has 96 valence electrons. The summed E-state index contributed by atoms with van der Waals surface area (Å²) in [6.07, 6.45) is -2.64. The molecule has 2 rings (SSSR count). The van der Waals surface area contributed by atoms with Crippen molar-refractivity contribution in [2.24, 2.45) is 0 Å². The van der Waals surface area contributed by atoms with Gasteiger partial charge in [0.1, 0.15) is 0 Å². The van der Waals surface area contributed by atoms with Gasteiger partial charge in [-0.05, 0) is 30.3 Å². The Balaban J connectivity index is 2.23. The molecule has 1 heterocycles. The summed E-state index contributed by atoms with van der Waals surface area (Å²) >= 11 is 0. The van der Waals surface area contributed by atoms with E-state index >= 15 is 0 Å². The third-order valence-corrected chi connectivity index (χ3v) is 2.40. The van der Waals surface area contributed by atoms with Crippen LogP contribution in [0.2, 0.25) is 0 Å². The lowest BCUT2D eigenvalue weighted by Crippen LogP contribution is -2.05. The van der Waals surface area contributed by atoms with Gasteiger partial charge in [-0.25, -0.2) is 4.68 Å². The molecule has 0 aliphatic heterocycles. The average molecular weight is 256 g/mol. The van der Waals surface area contributed by atoms with E-state index in [1.165, 1.54) is 16.8 Å². The molecule has 2 aromatic rings. The standard InChI is InChI=1S/C12H11F3N2O/c1-18-8-10-6-7-17(16-10)11-4-2-9(3-5-11)12(13,14)15/h2-7H,8H2,1H3. The predicted molar refractivity (Wildman–Crippen MR) is 59.3 cm³/mol. The van der Waals surface area contributed by atoms with Gasteiger partial charge in [-0.15, -0.1) is 0 Å². The van der Waals surface area contributed by atoms with Crippen LogP contribution in [0.15, 0.2) is 36.5 Å². The lowest BCUT2D eigenvalue weighted by molar-refractivity contribution is -0.137. The first-order chi connectivity index (χ1) is 8.50. The maximum Gasteiger partial charge on any atom is 0.416 e. The summed E-state index contributed by atoms with van der Waals surface area (Å²) in [6, 6.07) is 6.58. The van der Waals surface area contributed by atoms with Gasteiger partial charge in [0.15, 0.2) is 0 Å². The van der Waals surface area contributed by atoms with Gasteiger partial charge in [0.25, 0.3) is 0 Å². The van der Waals surface area contributed by atoms with Crippen LogP contribution in [0.5, 0.6) is 0 Å². The zero-order valence-corrected chi connectivity index (χ0v) is 9.61. The van der Waals surface area contributed by atoms with E-state index in [-0.39, 0.29) is 0 Å². The SMILES string of the molecule is COCc1ccn(-c2ccc(C(F)(F)F)cc2)n1. The lowest BCUT2D eigenvalue weighted by atomic mass is 10.2. The second-order valence-corrected chi connectivity index (χ2v) is 3.73. The molecular formula is C12H11F3N2O. The molecule has 0 amide bonds. The van der Waals surface area contributed by atoms with Gasteiger partial charge in [-0.3, -0.25) is 0 Å². The Morgan fingerprint density at radius 3 is 2.39 bits per heavy atom. The second kappa shape index (κ2) is 4.81. The van der Waals surface area contributed by atoms with Gasteiger partial charge in [0.05, 0.1) is 23.6 Å². The third-order valence-electron chi connectivity index (χ3n) is 2.40. The monoisotopic (exact) mass is 256 g/mol. The van der Waals surface area contributed by atoms with Crippen molar-refractivity contribution in [2.75, 3.05) is 7.11 Å². The van der Waals surface area contributed by atoms with E-state index in [4.69, 9.17) is 4.74 Å². The van der Waals surface area contributed by atoms with E-state index in [0.717, 1.165) is 17.8 Å². The van der Waals surface area contributed by atoms with Gasteiger partial charge < -0.3 is 4.74 Å². The number of alkyl halides is 3. The Morgan fingerprint density at radius 2 is 1.83 bits per heavy atom. The molecule has 0 spiro atoms. The fourth-order valence-corrected chi connectivity index (χ4v) is 1.53. The zero-order valence-electron chi connectivity index (χ0n) is 9.61. The number of ether oxygens (including phenoxy) is 1. The topological polar surface area (TPSA) is 27.1 Å². The molecule has 3 nitrogen and oxygen atoms in total. The smallest absolute Gasteiger partial charge is 0.378 e. The molecule has 0 N–H and O–H groups in total. The summed E-state index contributed by atoms with van der Waals surface area (Å²) in [4.78, 5) is 0. The van der Waals surface area contributed by atoms with Crippen LogP contribution in [0.1, 0.15) is 11.3 Å². The predicted octanol–water partition coefficient (Wildman–Crippen LogP) is 3.04. The van der Waals surface area contributed by atoms with E-state index in [2.05, 4.69) is 5.10 Å². The highest BCUT2D eigenvalue weighted by atomic mass is 19.4. The van der Waals surface area contributed by atoms with E-state index in [1.807, 2.05) is 0 Å². The first kappa shape index (κ1) is 12.6. The van der Waals surface area contributed by atoms with Crippen molar-refractivity contribution < 1.29 is 17.9 Å². The van der Waals surface area contributed by atoms with Crippen LogP contribution in [0.25, 0.3) is 5.69 Å². The fraction of sp³-hybridized carbons (Fsp3) is 0.250. The van der Waals surface area contributed by atoms with Gasteiger partial charge in [-0.2, -0.15) is 18.3 Å². The summed E-state index contributed by atoms with van der Waals surface area (Å²) in [5.41, 5.74) is 0.623. The molecule has 0 aliphatic carbocycles. The van der Waals surface area contributed by atoms with Crippen molar-refractivity contribution in [3.63, 3.8) is 0 Å². The van der Waals surface area contributed by atoms with Crippen LogP contribution in [0, 0.1) is 0 Å². The number of nitrogens with zero attached hydrogens (tertiary/aromatic N) is 2. The largest absolute Gasteiger partial charge is 0.416 e. The van der Waals surface area contributed by atoms with Gasteiger partial charge in [0.2, 0.25) is 0 Å². The Kier molecular flexibility index (Phi) is 3.38. The Hall–Kier alpha value is -1.82. The molecule has 0 saturated heterocycles. The summed E-state index contributed by atoms with van der Waals surface area (Å²) in [5, 5.41) is 4.17. The van der Waals surface area contributed by atoms with Crippen LogP contribution in [0.4, 0.5) is 13.2 Å². The maximum atomic E-state index is 12.4. The van der Waals surface area contributed by atoms with Crippen LogP contribution in [-0.2, 0) is 17.5 Å². The first-order valence-electron chi connectivity index (χ1n) is 5.22. The molecule has 0 unspecified atom stereocenters. The van der Waals surface area contributed by atoms with Crippen molar-refractivity contribution in [1.82, 2.24) is 9.78 Å². The Morgan fingerprint density at radius 1 is 1.17 bits per heavy atom. The number of halogens is 3. The minimum absolute atomic E-state index is 0.369. The minimum Gasteiger partial charge on any atom is -0.378 e. The highest BCUT2D eigenvalue weighted by Gasteiger charge is 2.29. The van der Waals surface area contributed by atoms with Gasteiger partial charge in [0, 0.05) is 13.3 Å². The summed E-state index contributed by atoms with van der Waals surface area (Å²) in [5.74, 6) is 0. The molecular weight excluding hydrogens is 245 g/mol. The average Bonchev–Trinajstić information content (AvgIpc) is 2.77. The first-order valence-corrected chi connectivity index (χ1v) is 5.22. The molecule has 1 aromatic carbocycles. The molecule has 0 fully saturated rings. The number of aromatic nitrogens is 2. The molecule has 0 atom stereocenters. The molecule has 0 saturated carbocycles. The van der Waals surface area contributed by atoms with Gasteiger partial charge in [-0.1, -0.05) is 0 Å². The van der Waals surface area contributed by atoms with E-state index < -0.39 is 11.7 Å². The molecule has 0 bridgehead atoms. The van der Waals surface area contributed by atoms with Crippen molar-refractivity contribution in [3.8, 4) is 5.69 Å². The molecule has 6 heteroatoms. The molecule has 0 aliphatic rings. The van der Waals surface area contributed by atoms with E-state index in [1.54, 1.807) is 19.4 Å². The molecule has 0 radical (unpaired) electrons.